The van der Waals surface area contributed by atoms with E-state index < -0.39 is 18.5 Å². The van der Waals surface area contributed by atoms with Crippen LogP contribution in [0, 0.1) is 6.92 Å². The van der Waals surface area contributed by atoms with Gasteiger partial charge in [0, 0.05) is 0 Å². The minimum atomic E-state index is -0.755. The van der Waals surface area contributed by atoms with E-state index in [1.807, 2.05) is 18.2 Å². The van der Waals surface area contributed by atoms with E-state index >= 15 is 0 Å². The largest absolute Gasteiger partial charge is 0.451 e. The first-order valence-electron chi connectivity index (χ1n) is 7.86. The maximum Gasteiger partial charge on any atom is 0.361 e. The molecule has 138 valence electrons. The van der Waals surface area contributed by atoms with Crippen LogP contribution in [0.25, 0.3) is 5.69 Å². The second-order valence-electron chi connectivity index (χ2n) is 5.48. The van der Waals surface area contributed by atoms with Gasteiger partial charge in [-0.15, -0.1) is 5.10 Å². The standard InChI is InChI=1S/C18H14Cl2N4O3/c1-11-16(23-24(22-11)12-6-3-2-4-7-12)18(26)27-10-15(25)21-17-13(19)8-5-9-14(17)20/h2-9H,10H2,1H3,(H,21,25). The molecule has 0 atom stereocenters. The third-order valence-electron chi connectivity index (χ3n) is 3.52. The fourth-order valence-corrected chi connectivity index (χ4v) is 2.73. The van der Waals surface area contributed by atoms with Crippen LogP contribution < -0.4 is 5.32 Å². The van der Waals surface area contributed by atoms with E-state index in [0.717, 1.165) is 0 Å². The molecule has 1 aromatic heterocycles. The Morgan fingerprint density at radius 3 is 2.37 bits per heavy atom. The molecule has 0 bridgehead atoms. The Hall–Kier alpha value is -2.90. The van der Waals surface area contributed by atoms with Crippen molar-refractivity contribution in [3.63, 3.8) is 0 Å². The van der Waals surface area contributed by atoms with Crippen LogP contribution >= 0.6 is 23.2 Å². The number of carbonyl (C=O) groups is 2. The molecule has 0 fully saturated rings. The maximum atomic E-state index is 12.2. The molecule has 0 spiro atoms. The SMILES string of the molecule is Cc1nn(-c2ccccc2)nc1C(=O)OCC(=O)Nc1c(Cl)cccc1Cl. The Morgan fingerprint density at radius 2 is 1.70 bits per heavy atom. The summed E-state index contributed by atoms with van der Waals surface area (Å²) in [6.07, 6.45) is 0. The van der Waals surface area contributed by atoms with Crippen molar-refractivity contribution in [1.82, 2.24) is 15.0 Å². The van der Waals surface area contributed by atoms with Crippen molar-refractivity contribution in [2.45, 2.75) is 6.92 Å². The Kier molecular flexibility index (Phi) is 5.73. The van der Waals surface area contributed by atoms with Crippen LogP contribution in [0.2, 0.25) is 10.0 Å². The number of esters is 1. The second-order valence-corrected chi connectivity index (χ2v) is 6.29. The molecule has 1 amide bonds. The number of aryl methyl sites for hydroxylation is 1. The summed E-state index contributed by atoms with van der Waals surface area (Å²) in [5, 5.41) is 11.4. The lowest BCUT2D eigenvalue weighted by atomic mass is 10.3. The average molecular weight is 405 g/mol. The fourth-order valence-electron chi connectivity index (χ4n) is 2.24. The van der Waals surface area contributed by atoms with Crippen LogP contribution in [-0.2, 0) is 9.53 Å². The van der Waals surface area contributed by atoms with Gasteiger partial charge in [-0.05, 0) is 31.2 Å². The number of benzene rings is 2. The minimum Gasteiger partial charge on any atom is -0.451 e. The van der Waals surface area contributed by atoms with Gasteiger partial charge in [0.05, 0.1) is 27.1 Å². The highest BCUT2D eigenvalue weighted by molar-refractivity contribution is 6.39. The van der Waals surface area contributed by atoms with Crippen LogP contribution in [0.4, 0.5) is 5.69 Å². The van der Waals surface area contributed by atoms with Crippen LogP contribution in [0.5, 0.6) is 0 Å². The monoisotopic (exact) mass is 404 g/mol. The van der Waals surface area contributed by atoms with Crippen molar-refractivity contribution in [2.75, 3.05) is 11.9 Å². The number of nitrogens with zero attached hydrogens (tertiary/aromatic N) is 3. The maximum absolute atomic E-state index is 12.2. The van der Waals surface area contributed by atoms with Crippen molar-refractivity contribution in [2.24, 2.45) is 0 Å². The number of anilines is 1. The lowest BCUT2D eigenvalue weighted by Crippen LogP contribution is -2.21. The summed E-state index contributed by atoms with van der Waals surface area (Å²) < 4.78 is 5.02. The second kappa shape index (κ2) is 8.20. The molecule has 0 saturated heterocycles. The molecule has 2 aromatic carbocycles. The molecule has 0 aliphatic heterocycles. The Morgan fingerprint density at radius 1 is 1.04 bits per heavy atom. The van der Waals surface area contributed by atoms with Crippen LogP contribution in [0.1, 0.15) is 16.2 Å². The molecule has 7 nitrogen and oxygen atoms in total. The summed E-state index contributed by atoms with van der Waals surface area (Å²) in [6, 6.07) is 13.9. The third-order valence-corrected chi connectivity index (χ3v) is 4.15. The number of rotatable bonds is 5. The highest BCUT2D eigenvalue weighted by atomic mass is 35.5. The van der Waals surface area contributed by atoms with E-state index in [1.54, 1.807) is 37.3 Å². The number of ether oxygens (including phenoxy) is 1. The summed E-state index contributed by atoms with van der Waals surface area (Å²) in [5.74, 6) is -1.33. The zero-order valence-electron chi connectivity index (χ0n) is 14.1. The Balaban J connectivity index is 1.64. The summed E-state index contributed by atoms with van der Waals surface area (Å²) >= 11 is 12.0. The van der Waals surface area contributed by atoms with Gasteiger partial charge in [0.1, 0.15) is 0 Å². The van der Waals surface area contributed by atoms with Gasteiger partial charge in [-0.2, -0.15) is 9.90 Å². The predicted octanol–water partition coefficient (Wildman–Crippen LogP) is 3.68. The van der Waals surface area contributed by atoms with Gasteiger partial charge >= 0.3 is 5.97 Å². The minimum absolute atomic E-state index is 0.0300. The van der Waals surface area contributed by atoms with Gasteiger partial charge in [-0.3, -0.25) is 4.79 Å². The number of amides is 1. The topological polar surface area (TPSA) is 86.1 Å². The van der Waals surface area contributed by atoms with Crippen molar-refractivity contribution in [3.05, 3.63) is 70.0 Å². The van der Waals surface area contributed by atoms with Gasteiger partial charge in [0.15, 0.2) is 12.3 Å². The van der Waals surface area contributed by atoms with Gasteiger partial charge in [-0.25, -0.2) is 4.79 Å². The number of hydrogen-bond donors (Lipinski definition) is 1. The van der Waals surface area contributed by atoms with Crippen LogP contribution in [0.3, 0.4) is 0 Å². The lowest BCUT2D eigenvalue weighted by Gasteiger charge is -2.09. The van der Waals surface area contributed by atoms with Gasteiger partial charge in [0.25, 0.3) is 5.91 Å². The number of hydrogen-bond acceptors (Lipinski definition) is 5. The van der Waals surface area contributed by atoms with E-state index in [0.29, 0.717) is 11.4 Å². The summed E-state index contributed by atoms with van der Waals surface area (Å²) in [4.78, 5) is 25.6. The van der Waals surface area contributed by atoms with Crippen LogP contribution in [0.15, 0.2) is 48.5 Å². The number of halogens is 2. The molecule has 0 radical (unpaired) electrons. The number of aromatic nitrogens is 3. The van der Waals surface area contributed by atoms with Crippen molar-refractivity contribution >= 4 is 40.8 Å². The van der Waals surface area contributed by atoms with Gasteiger partial charge in [-0.1, -0.05) is 47.5 Å². The molecule has 27 heavy (non-hydrogen) atoms. The number of carbonyl (C=O) groups excluding carboxylic acids is 2. The van der Waals surface area contributed by atoms with Crippen LogP contribution in [-0.4, -0.2) is 33.5 Å². The first kappa shape index (κ1) is 18.9. The normalized spacial score (nSPS) is 10.5. The molecular formula is C18H14Cl2N4O3. The zero-order valence-corrected chi connectivity index (χ0v) is 15.7. The first-order chi connectivity index (χ1) is 13.0. The van der Waals surface area contributed by atoms with E-state index in [2.05, 4.69) is 15.5 Å². The first-order valence-corrected chi connectivity index (χ1v) is 8.61. The zero-order chi connectivity index (χ0) is 19.4. The molecule has 0 unspecified atom stereocenters. The molecule has 3 aromatic rings. The third kappa shape index (κ3) is 4.45. The highest BCUT2D eigenvalue weighted by Gasteiger charge is 2.19. The van der Waals surface area contributed by atoms with Gasteiger partial charge in [0.2, 0.25) is 0 Å². The molecule has 0 aliphatic carbocycles. The summed E-state index contributed by atoms with van der Waals surface area (Å²) in [6.45, 7) is 1.12. The van der Waals surface area contributed by atoms with Crippen molar-refractivity contribution < 1.29 is 14.3 Å². The lowest BCUT2D eigenvalue weighted by molar-refractivity contribution is -0.119. The Bertz CT molecular complexity index is 969. The molecular weight excluding hydrogens is 391 g/mol. The van der Waals surface area contributed by atoms with E-state index in [9.17, 15) is 9.59 Å². The quantitative estimate of drug-likeness (QED) is 0.655. The molecule has 1 heterocycles. The summed E-state index contributed by atoms with van der Waals surface area (Å²) in [7, 11) is 0. The fraction of sp³-hybridized carbons (Fsp3) is 0.111. The van der Waals surface area contributed by atoms with E-state index in [-0.39, 0.29) is 21.4 Å². The molecule has 1 N–H and O–H groups in total. The van der Waals surface area contributed by atoms with Gasteiger partial charge < -0.3 is 10.1 Å². The average Bonchev–Trinajstić information content (AvgIpc) is 3.05. The van der Waals surface area contributed by atoms with Crippen molar-refractivity contribution in [1.29, 1.82) is 0 Å². The van der Waals surface area contributed by atoms with E-state index in [1.165, 1.54) is 4.80 Å². The van der Waals surface area contributed by atoms with Crippen molar-refractivity contribution in [3.8, 4) is 5.69 Å². The van der Waals surface area contributed by atoms with E-state index in [4.69, 9.17) is 27.9 Å². The number of para-hydroxylation sites is 2. The number of nitrogens with one attached hydrogen (secondary N) is 1. The molecule has 0 saturated carbocycles. The Labute approximate surface area is 164 Å². The summed E-state index contributed by atoms with van der Waals surface area (Å²) in [5.41, 5.74) is 1.37. The highest BCUT2D eigenvalue weighted by Crippen LogP contribution is 2.29. The predicted molar refractivity (Wildman–Crippen MR) is 101 cm³/mol. The smallest absolute Gasteiger partial charge is 0.361 e. The molecule has 9 heteroatoms. The molecule has 0 aliphatic rings. The molecule has 3 rings (SSSR count).